The van der Waals surface area contributed by atoms with Gasteiger partial charge < -0.3 is 20.3 Å². The second-order valence-corrected chi connectivity index (χ2v) is 6.24. The van der Waals surface area contributed by atoms with Crippen molar-refractivity contribution in [2.45, 2.75) is 19.1 Å². The Kier molecular flexibility index (Phi) is 6.38. The number of urea groups is 1. The first kappa shape index (κ1) is 17.7. The van der Waals surface area contributed by atoms with E-state index in [2.05, 4.69) is 34.5 Å². The molecule has 0 aromatic heterocycles. The summed E-state index contributed by atoms with van der Waals surface area (Å²) in [5.74, 6) is 0. The number of likely N-dealkylation sites (N-methyl/N-ethyl adjacent to an activating group) is 2. The van der Waals surface area contributed by atoms with E-state index in [1.165, 1.54) is 0 Å². The van der Waals surface area contributed by atoms with E-state index in [9.17, 15) is 4.79 Å². The average Bonchev–Trinajstić information content (AvgIpc) is 2.55. The van der Waals surface area contributed by atoms with Crippen LogP contribution in [0.4, 0.5) is 10.5 Å². The highest BCUT2D eigenvalue weighted by Gasteiger charge is 2.22. The van der Waals surface area contributed by atoms with Crippen LogP contribution in [0, 0.1) is 0 Å². The summed E-state index contributed by atoms with van der Waals surface area (Å²) in [7, 11) is 5.89. The third kappa shape index (κ3) is 5.20. The van der Waals surface area contributed by atoms with Crippen molar-refractivity contribution < 1.29 is 9.53 Å². The molecule has 1 saturated heterocycles. The molecule has 2 rings (SSSR count). The minimum Gasteiger partial charge on any atom is -0.377 e. The van der Waals surface area contributed by atoms with Crippen LogP contribution in [0.5, 0.6) is 0 Å². The van der Waals surface area contributed by atoms with Gasteiger partial charge in [-0.3, -0.25) is 4.90 Å². The van der Waals surface area contributed by atoms with Gasteiger partial charge in [-0.15, -0.1) is 0 Å². The van der Waals surface area contributed by atoms with Crippen molar-refractivity contribution in [1.29, 1.82) is 0 Å². The van der Waals surface area contributed by atoms with E-state index in [1.54, 1.807) is 7.11 Å². The number of rotatable bonds is 5. The van der Waals surface area contributed by atoms with Crippen molar-refractivity contribution in [3.8, 4) is 0 Å². The van der Waals surface area contributed by atoms with Gasteiger partial charge in [0.05, 0.1) is 6.10 Å². The Morgan fingerprint density at radius 2 is 2.17 bits per heavy atom. The van der Waals surface area contributed by atoms with Crippen LogP contribution < -0.4 is 10.6 Å². The van der Waals surface area contributed by atoms with Crippen LogP contribution in [0.2, 0.25) is 0 Å². The fraction of sp³-hybridized carbons (Fsp3) is 0.588. The maximum atomic E-state index is 12.1. The third-order valence-electron chi connectivity index (χ3n) is 4.45. The minimum atomic E-state index is -0.172. The molecule has 6 heteroatoms. The van der Waals surface area contributed by atoms with Crippen molar-refractivity contribution in [3.63, 3.8) is 0 Å². The summed E-state index contributed by atoms with van der Waals surface area (Å²) in [6, 6.07) is 7.91. The van der Waals surface area contributed by atoms with E-state index >= 15 is 0 Å². The average molecular weight is 320 g/mol. The predicted octanol–water partition coefficient (Wildman–Crippen LogP) is 1.76. The normalized spacial score (nSPS) is 21.0. The number of piperazine rings is 1. The van der Waals surface area contributed by atoms with Gasteiger partial charge in [-0.25, -0.2) is 4.79 Å². The third-order valence-corrected chi connectivity index (χ3v) is 4.45. The van der Waals surface area contributed by atoms with Crippen LogP contribution in [0.3, 0.4) is 0 Å². The molecule has 1 aromatic carbocycles. The van der Waals surface area contributed by atoms with E-state index in [0.717, 1.165) is 30.9 Å². The summed E-state index contributed by atoms with van der Waals surface area (Å²) in [4.78, 5) is 16.7. The number of methoxy groups -OCH3 is 1. The Morgan fingerprint density at radius 3 is 2.91 bits per heavy atom. The molecule has 1 aromatic rings. The van der Waals surface area contributed by atoms with E-state index < -0.39 is 0 Å². The zero-order chi connectivity index (χ0) is 16.8. The Labute approximate surface area is 138 Å². The molecule has 1 fully saturated rings. The Morgan fingerprint density at radius 1 is 1.39 bits per heavy atom. The summed E-state index contributed by atoms with van der Waals surface area (Å²) in [5.41, 5.74) is 1.82. The van der Waals surface area contributed by atoms with E-state index in [-0.39, 0.29) is 12.1 Å². The molecule has 2 amide bonds. The largest absolute Gasteiger partial charge is 0.377 e. The molecule has 0 saturated carbocycles. The number of hydrogen-bond acceptors (Lipinski definition) is 4. The smallest absolute Gasteiger partial charge is 0.319 e. The first-order chi connectivity index (χ1) is 11.0. The molecule has 0 bridgehead atoms. The van der Waals surface area contributed by atoms with Gasteiger partial charge in [-0.1, -0.05) is 12.1 Å². The van der Waals surface area contributed by atoms with Crippen LogP contribution in [0.1, 0.15) is 18.6 Å². The second-order valence-electron chi connectivity index (χ2n) is 6.24. The van der Waals surface area contributed by atoms with Gasteiger partial charge >= 0.3 is 6.03 Å². The molecule has 2 N–H and O–H groups in total. The lowest BCUT2D eigenvalue weighted by molar-refractivity contribution is 0.115. The van der Waals surface area contributed by atoms with E-state index in [1.807, 2.05) is 31.2 Å². The molecule has 23 heavy (non-hydrogen) atoms. The number of hydrogen-bond donors (Lipinski definition) is 2. The van der Waals surface area contributed by atoms with Gasteiger partial charge in [-0.05, 0) is 38.7 Å². The second kappa shape index (κ2) is 8.29. The first-order valence-electron chi connectivity index (χ1n) is 8.06. The van der Waals surface area contributed by atoms with E-state index in [0.29, 0.717) is 12.6 Å². The standard InChI is InChI=1S/C17H28N4O2/c1-13(23-4)14-6-5-7-15(10-14)19-17(22)18-11-16-12-20(2)8-9-21(16)3/h5-7,10,13,16H,8-9,11-12H2,1-4H3,(H2,18,19,22)/t13-,16+/m1/s1. The summed E-state index contributed by atoms with van der Waals surface area (Å²) in [5, 5.41) is 5.85. The molecule has 0 spiro atoms. The summed E-state index contributed by atoms with van der Waals surface area (Å²) in [6.07, 6.45) is 0.00577. The van der Waals surface area contributed by atoms with Gasteiger partial charge in [0.25, 0.3) is 0 Å². The number of nitrogens with zero attached hydrogens (tertiary/aromatic N) is 2. The highest BCUT2D eigenvalue weighted by Crippen LogP contribution is 2.19. The van der Waals surface area contributed by atoms with Gasteiger partial charge in [0.1, 0.15) is 0 Å². The van der Waals surface area contributed by atoms with Crippen LogP contribution in [-0.4, -0.2) is 69.3 Å². The molecule has 6 nitrogen and oxygen atoms in total. The summed E-state index contributed by atoms with van der Waals surface area (Å²) < 4.78 is 5.31. The van der Waals surface area contributed by atoms with Crippen molar-refractivity contribution in [2.24, 2.45) is 0 Å². The lowest BCUT2D eigenvalue weighted by atomic mass is 10.1. The van der Waals surface area contributed by atoms with Crippen LogP contribution in [-0.2, 0) is 4.74 Å². The zero-order valence-corrected chi connectivity index (χ0v) is 14.5. The topological polar surface area (TPSA) is 56.8 Å². The van der Waals surface area contributed by atoms with Crippen LogP contribution in [0.15, 0.2) is 24.3 Å². The Bertz CT molecular complexity index is 523. The molecule has 0 unspecified atom stereocenters. The van der Waals surface area contributed by atoms with Crippen molar-refractivity contribution in [2.75, 3.05) is 52.7 Å². The van der Waals surface area contributed by atoms with Crippen LogP contribution in [0.25, 0.3) is 0 Å². The highest BCUT2D eigenvalue weighted by molar-refractivity contribution is 5.89. The number of ether oxygens (including phenoxy) is 1. The predicted molar refractivity (Wildman–Crippen MR) is 92.8 cm³/mol. The monoisotopic (exact) mass is 320 g/mol. The maximum absolute atomic E-state index is 12.1. The lowest BCUT2D eigenvalue weighted by Gasteiger charge is -2.37. The summed E-state index contributed by atoms with van der Waals surface area (Å²) in [6.45, 7) is 5.69. The lowest BCUT2D eigenvalue weighted by Crippen LogP contribution is -2.54. The van der Waals surface area contributed by atoms with Crippen molar-refractivity contribution in [3.05, 3.63) is 29.8 Å². The molecule has 0 radical (unpaired) electrons. The Balaban J connectivity index is 1.85. The van der Waals surface area contributed by atoms with Gasteiger partial charge in [0.15, 0.2) is 0 Å². The summed E-state index contributed by atoms with van der Waals surface area (Å²) >= 11 is 0. The molecular weight excluding hydrogens is 292 g/mol. The van der Waals surface area contributed by atoms with Gasteiger partial charge in [-0.2, -0.15) is 0 Å². The fourth-order valence-electron chi connectivity index (χ4n) is 2.71. The van der Waals surface area contributed by atoms with Gasteiger partial charge in [0.2, 0.25) is 0 Å². The van der Waals surface area contributed by atoms with Crippen molar-refractivity contribution in [1.82, 2.24) is 15.1 Å². The number of nitrogens with one attached hydrogen (secondary N) is 2. The number of anilines is 1. The molecular formula is C17H28N4O2. The molecule has 128 valence electrons. The molecule has 1 aliphatic rings. The van der Waals surface area contributed by atoms with E-state index in [4.69, 9.17) is 4.74 Å². The minimum absolute atomic E-state index is 0.00577. The molecule has 0 aliphatic carbocycles. The highest BCUT2D eigenvalue weighted by atomic mass is 16.5. The number of benzene rings is 1. The van der Waals surface area contributed by atoms with Crippen molar-refractivity contribution >= 4 is 11.7 Å². The Hall–Kier alpha value is -1.63. The molecule has 1 heterocycles. The van der Waals surface area contributed by atoms with Crippen LogP contribution >= 0.6 is 0 Å². The quantitative estimate of drug-likeness (QED) is 0.868. The fourth-order valence-corrected chi connectivity index (χ4v) is 2.71. The number of carbonyl (C=O) groups is 1. The first-order valence-corrected chi connectivity index (χ1v) is 8.06. The zero-order valence-electron chi connectivity index (χ0n) is 14.5. The number of amides is 2. The molecule has 2 atom stereocenters. The molecule has 1 aliphatic heterocycles. The maximum Gasteiger partial charge on any atom is 0.319 e. The SMILES string of the molecule is CO[C@H](C)c1cccc(NC(=O)NC[C@H]2CN(C)CCN2C)c1. The van der Waals surface area contributed by atoms with Gasteiger partial charge in [0, 0.05) is 45.0 Å². The number of carbonyl (C=O) groups excluding carboxylic acids is 1.